The second-order valence-corrected chi connectivity index (χ2v) is 4.78. The third-order valence-corrected chi connectivity index (χ3v) is 3.03. The van der Waals surface area contributed by atoms with Crippen molar-refractivity contribution in [1.82, 2.24) is 5.32 Å². The summed E-state index contributed by atoms with van der Waals surface area (Å²) in [6.07, 6.45) is 4.44. The van der Waals surface area contributed by atoms with E-state index in [4.69, 9.17) is 4.74 Å². The number of hydrogen-bond acceptors (Lipinski definition) is 3. The highest BCUT2D eigenvalue weighted by Crippen LogP contribution is 2.44. The highest BCUT2D eigenvalue weighted by Gasteiger charge is 2.37. The van der Waals surface area contributed by atoms with Crippen LogP contribution in [0.1, 0.15) is 46.5 Å². The Morgan fingerprint density at radius 3 is 2.60 bits per heavy atom. The van der Waals surface area contributed by atoms with Crippen molar-refractivity contribution in [2.75, 3.05) is 13.2 Å². The molecule has 0 spiro atoms. The molecule has 0 radical (unpaired) electrons. The molecule has 0 amide bonds. The van der Waals surface area contributed by atoms with Crippen LogP contribution in [0.25, 0.3) is 0 Å². The van der Waals surface area contributed by atoms with Crippen LogP contribution in [0.2, 0.25) is 0 Å². The fourth-order valence-corrected chi connectivity index (χ4v) is 1.59. The van der Waals surface area contributed by atoms with E-state index in [0.29, 0.717) is 12.0 Å². The maximum Gasteiger partial charge on any atom is 0.323 e. The number of ether oxygens (including phenoxy) is 1. The Balaban J connectivity index is 2.31. The second-order valence-electron chi connectivity index (χ2n) is 4.78. The van der Waals surface area contributed by atoms with Crippen molar-refractivity contribution in [2.24, 2.45) is 5.41 Å². The van der Waals surface area contributed by atoms with Gasteiger partial charge in [-0.3, -0.25) is 4.79 Å². The Morgan fingerprint density at radius 2 is 2.13 bits per heavy atom. The van der Waals surface area contributed by atoms with E-state index in [1.165, 1.54) is 12.8 Å². The van der Waals surface area contributed by atoms with E-state index < -0.39 is 0 Å². The van der Waals surface area contributed by atoms with Crippen molar-refractivity contribution in [3.63, 3.8) is 0 Å². The van der Waals surface area contributed by atoms with Gasteiger partial charge in [0.25, 0.3) is 0 Å². The quantitative estimate of drug-likeness (QED) is 0.658. The van der Waals surface area contributed by atoms with E-state index in [1.54, 1.807) is 0 Å². The molecule has 3 nitrogen and oxygen atoms in total. The highest BCUT2D eigenvalue weighted by molar-refractivity contribution is 5.75. The number of nitrogens with one attached hydrogen (secondary N) is 1. The normalized spacial score (nSPS) is 19.7. The molecule has 0 aromatic carbocycles. The molecule has 88 valence electrons. The summed E-state index contributed by atoms with van der Waals surface area (Å²) in [7, 11) is 0. The molecule has 0 bridgehead atoms. The first-order valence-corrected chi connectivity index (χ1v) is 6.01. The lowest BCUT2D eigenvalue weighted by molar-refractivity contribution is -0.145. The SMILES string of the molecule is CCCC(NCC1(C)CC1)C(=O)OCC. The first-order chi connectivity index (χ1) is 7.11. The van der Waals surface area contributed by atoms with E-state index in [-0.39, 0.29) is 12.0 Å². The molecule has 0 aliphatic heterocycles. The highest BCUT2D eigenvalue weighted by atomic mass is 16.5. The van der Waals surface area contributed by atoms with E-state index >= 15 is 0 Å². The van der Waals surface area contributed by atoms with Gasteiger partial charge < -0.3 is 10.1 Å². The molecule has 0 aromatic rings. The van der Waals surface area contributed by atoms with Crippen LogP contribution in [0.4, 0.5) is 0 Å². The zero-order valence-corrected chi connectivity index (χ0v) is 10.1. The molecule has 0 heterocycles. The molecular formula is C12H23NO2. The Bertz CT molecular complexity index is 212. The van der Waals surface area contributed by atoms with E-state index in [9.17, 15) is 4.79 Å². The van der Waals surface area contributed by atoms with Gasteiger partial charge in [0.1, 0.15) is 6.04 Å². The van der Waals surface area contributed by atoms with Crippen LogP contribution in [-0.2, 0) is 9.53 Å². The topological polar surface area (TPSA) is 38.3 Å². The number of esters is 1. The first-order valence-electron chi connectivity index (χ1n) is 6.01. The molecule has 1 N–H and O–H groups in total. The fourth-order valence-electron chi connectivity index (χ4n) is 1.59. The monoisotopic (exact) mass is 213 g/mol. The molecule has 15 heavy (non-hydrogen) atoms. The van der Waals surface area contributed by atoms with Gasteiger partial charge in [-0.05, 0) is 31.6 Å². The van der Waals surface area contributed by atoms with Crippen molar-refractivity contribution < 1.29 is 9.53 Å². The second kappa shape index (κ2) is 5.50. The van der Waals surface area contributed by atoms with Crippen LogP contribution in [0.15, 0.2) is 0 Å². The van der Waals surface area contributed by atoms with Gasteiger partial charge in [0.2, 0.25) is 0 Å². The summed E-state index contributed by atoms with van der Waals surface area (Å²) < 4.78 is 5.04. The summed E-state index contributed by atoms with van der Waals surface area (Å²) >= 11 is 0. The fraction of sp³-hybridized carbons (Fsp3) is 0.917. The predicted octanol–water partition coefficient (Wildman–Crippen LogP) is 2.11. The lowest BCUT2D eigenvalue weighted by Crippen LogP contribution is -2.40. The summed E-state index contributed by atoms with van der Waals surface area (Å²) in [4.78, 5) is 11.6. The lowest BCUT2D eigenvalue weighted by atomic mass is 10.1. The molecule has 0 aromatic heterocycles. The molecule has 1 unspecified atom stereocenters. The third kappa shape index (κ3) is 4.20. The number of rotatable bonds is 7. The standard InChI is InChI=1S/C12H23NO2/c1-4-6-10(11(14)15-5-2)13-9-12(3)7-8-12/h10,13H,4-9H2,1-3H3. The maximum absolute atomic E-state index is 11.6. The minimum atomic E-state index is -0.104. The molecule has 1 fully saturated rings. The average molecular weight is 213 g/mol. The Kier molecular flexibility index (Phi) is 4.58. The Hall–Kier alpha value is -0.570. The third-order valence-electron chi connectivity index (χ3n) is 3.03. The van der Waals surface area contributed by atoms with E-state index in [1.807, 2.05) is 6.92 Å². The molecule has 3 heteroatoms. The van der Waals surface area contributed by atoms with Crippen LogP contribution >= 0.6 is 0 Å². The zero-order chi connectivity index (χ0) is 11.3. The van der Waals surface area contributed by atoms with Gasteiger partial charge in [-0.2, -0.15) is 0 Å². The summed E-state index contributed by atoms with van der Waals surface area (Å²) in [5.74, 6) is -0.0939. The Labute approximate surface area is 92.6 Å². The van der Waals surface area contributed by atoms with Gasteiger partial charge in [0.05, 0.1) is 6.61 Å². The number of carbonyl (C=O) groups is 1. The van der Waals surface area contributed by atoms with Crippen LogP contribution in [0.5, 0.6) is 0 Å². The zero-order valence-electron chi connectivity index (χ0n) is 10.1. The van der Waals surface area contributed by atoms with Crippen molar-refractivity contribution in [2.45, 2.75) is 52.5 Å². The van der Waals surface area contributed by atoms with Crippen molar-refractivity contribution >= 4 is 5.97 Å². The molecule has 1 atom stereocenters. The van der Waals surface area contributed by atoms with Gasteiger partial charge in [-0.25, -0.2) is 0 Å². The summed E-state index contributed by atoms with van der Waals surface area (Å²) in [6, 6.07) is -0.104. The van der Waals surface area contributed by atoms with Crippen LogP contribution in [-0.4, -0.2) is 25.2 Å². The van der Waals surface area contributed by atoms with Crippen LogP contribution in [0.3, 0.4) is 0 Å². The maximum atomic E-state index is 11.6. The van der Waals surface area contributed by atoms with Crippen LogP contribution in [0, 0.1) is 5.41 Å². The van der Waals surface area contributed by atoms with Gasteiger partial charge in [0, 0.05) is 6.54 Å². The minimum Gasteiger partial charge on any atom is -0.465 e. The first kappa shape index (κ1) is 12.5. The van der Waals surface area contributed by atoms with Gasteiger partial charge >= 0.3 is 5.97 Å². The molecule has 0 saturated heterocycles. The van der Waals surface area contributed by atoms with Gasteiger partial charge in [0.15, 0.2) is 0 Å². The number of hydrogen-bond donors (Lipinski definition) is 1. The summed E-state index contributed by atoms with van der Waals surface area (Å²) in [5.41, 5.74) is 0.443. The molecular weight excluding hydrogens is 190 g/mol. The summed E-state index contributed by atoms with van der Waals surface area (Å²) in [6.45, 7) is 7.61. The molecule has 1 rings (SSSR count). The molecule has 1 aliphatic rings. The van der Waals surface area contributed by atoms with Gasteiger partial charge in [-0.1, -0.05) is 20.3 Å². The molecule has 1 aliphatic carbocycles. The number of carbonyl (C=O) groups excluding carboxylic acids is 1. The predicted molar refractivity (Wildman–Crippen MR) is 60.7 cm³/mol. The molecule has 1 saturated carbocycles. The average Bonchev–Trinajstić information content (AvgIpc) is 2.92. The van der Waals surface area contributed by atoms with E-state index in [0.717, 1.165) is 19.4 Å². The Morgan fingerprint density at radius 1 is 1.47 bits per heavy atom. The minimum absolute atomic E-state index is 0.0939. The smallest absolute Gasteiger partial charge is 0.323 e. The van der Waals surface area contributed by atoms with Crippen molar-refractivity contribution in [3.8, 4) is 0 Å². The van der Waals surface area contributed by atoms with Crippen molar-refractivity contribution in [3.05, 3.63) is 0 Å². The van der Waals surface area contributed by atoms with E-state index in [2.05, 4.69) is 19.2 Å². The van der Waals surface area contributed by atoms with Crippen molar-refractivity contribution in [1.29, 1.82) is 0 Å². The van der Waals surface area contributed by atoms with Crippen LogP contribution < -0.4 is 5.32 Å². The largest absolute Gasteiger partial charge is 0.465 e. The van der Waals surface area contributed by atoms with Gasteiger partial charge in [-0.15, -0.1) is 0 Å². The lowest BCUT2D eigenvalue weighted by Gasteiger charge is -2.18. The summed E-state index contributed by atoms with van der Waals surface area (Å²) in [5, 5.41) is 3.33.